The molecular weight excluding hydrogens is 305 g/mol. The van der Waals surface area contributed by atoms with Crippen molar-refractivity contribution in [2.45, 2.75) is 6.43 Å². The van der Waals surface area contributed by atoms with E-state index >= 15 is 0 Å². The maximum absolute atomic E-state index is 12.6. The molecule has 1 aromatic rings. The van der Waals surface area contributed by atoms with Gasteiger partial charge in [0.1, 0.15) is 11.5 Å². The highest BCUT2D eigenvalue weighted by Crippen LogP contribution is 2.36. The van der Waals surface area contributed by atoms with Gasteiger partial charge in [-0.3, -0.25) is 0 Å². The van der Waals surface area contributed by atoms with Gasteiger partial charge in [0.2, 0.25) is 0 Å². The third-order valence-corrected chi connectivity index (χ3v) is 2.52. The van der Waals surface area contributed by atoms with E-state index < -0.39 is 6.43 Å². The number of ether oxygens (including phenoxy) is 2. The lowest BCUT2D eigenvalue weighted by Gasteiger charge is -2.11. The zero-order chi connectivity index (χ0) is 10.7. The number of alkyl halides is 2. The Morgan fingerprint density at radius 2 is 1.86 bits per heavy atom. The van der Waals surface area contributed by atoms with E-state index in [1.54, 1.807) is 6.07 Å². The van der Waals surface area contributed by atoms with Crippen molar-refractivity contribution in [1.29, 1.82) is 0 Å². The first-order chi connectivity index (χ1) is 6.60. The Kier molecular flexibility index (Phi) is 3.91. The Bertz CT molecular complexity index is 329. The van der Waals surface area contributed by atoms with Crippen molar-refractivity contribution in [1.82, 2.24) is 0 Å². The minimum atomic E-state index is -2.56. The zero-order valence-corrected chi connectivity index (χ0v) is 9.84. The highest BCUT2D eigenvalue weighted by atomic mass is 127. The Morgan fingerprint density at radius 1 is 1.21 bits per heavy atom. The van der Waals surface area contributed by atoms with Crippen LogP contribution in [0.4, 0.5) is 8.78 Å². The van der Waals surface area contributed by atoms with Crippen molar-refractivity contribution in [3.05, 3.63) is 21.3 Å². The molecule has 0 spiro atoms. The van der Waals surface area contributed by atoms with E-state index in [-0.39, 0.29) is 11.3 Å². The molecule has 1 aromatic carbocycles. The van der Waals surface area contributed by atoms with Gasteiger partial charge in [-0.2, -0.15) is 0 Å². The first kappa shape index (κ1) is 11.5. The van der Waals surface area contributed by atoms with Crippen LogP contribution in [-0.4, -0.2) is 14.2 Å². The molecule has 0 bridgehead atoms. The van der Waals surface area contributed by atoms with Crippen molar-refractivity contribution in [2.24, 2.45) is 0 Å². The molecule has 0 heterocycles. The van der Waals surface area contributed by atoms with Crippen molar-refractivity contribution in [3.63, 3.8) is 0 Å². The maximum atomic E-state index is 12.6. The first-order valence-electron chi connectivity index (χ1n) is 3.79. The second-order valence-electron chi connectivity index (χ2n) is 2.53. The summed E-state index contributed by atoms with van der Waals surface area (Å²) in [6.07, 6.45) is -2.56. The van der Waals surface area contributed by atoms with Gasteiger partial charge >= 0.3 is 0 Å². The van der Waals surface area contributed by atoms with E-state index in [1.807, 2.05) is 22.6 Å². The molecule has 0 radical (unpaired) electrons. The summed E-state index contributed by atoms with van der Waals surface area (Å²) in [5, 5.41) is 0. The summed E-state index contributed by atoms with van der Waals surface area (Å²) in [5.41, 5.74) is -0.142. The van der Waals surface area contributed by atoms with Crippen LogP contribution in [0.1, 0.15) is 12.0 Å². The monoisotopic (exact) mass is 314 g/mol. The van der Waals surface area contributed by atoms with Crippen molar-refractivity contribution in [2.75, 3.05) is 14.2 Å². The third kappa shape index (κ3) is 2.26. The minimum Gasteiger partial charge on any atom is -0.497 e. The fraction of sp³-hybridized carbons (Fsp3) is 0.333. The smallest absolute Gasteiger partial charge is 0.267 e. The summed E-state index contributed by atoms with van der Waals surface area (Å²) < 4.78 is 35.5. The van der Waals surface area contributed by atoms with Crippen LogP contribution in [-0.2, 0) is 0 Å². The summed E-state index contributed by atoms with van der Waals surface area (Å²) in [5.74, 6) is 0.618. The average Bonchev–Trinajstić information content (AvgIpc) is 2.16. The van der Waals surface area contributed by atoms with Crippen LogP contribution in [0.2, 0.25) is 0 Å². The molecule has 0 saturated heterocycles. The number of halogens is 3. The van der Waals surface area contributed by atoms with E-state index in [1.165, 1.54) is 20.3 Å². The second kappa shape index (κ2) is 4.77. The summed E-state index contributed by atoms with van der Waals surface area (Å²) >= 11 is 1.93. The summed E-state index contributed by atoms with van der Waals surface area (Å²) in [7, 11) is 2.81. The van der Waals surface area contributed by atoms with Gasteiger partial charge in [-0.25, -0.2) is 8.78 Å². The maximum Gasteiger partial charge on any atom is 0.267 e. The van der Waals surface area contributed by atoms with Gasteiger partial charge < -0.3 is 9.47 Å². The van der Waals surface area contributed by atoms with Crippen LogP contribution in [0.25, 0.3) is 0 Å². The Balaban J connectivity index is 3.28. The van der Waals surface area contributed by atoms with E-state index in [2.05, 4.69) is 0 Å². The Hall–Kier alpha value is -0.590. The number of hydrogen-bond acceptors (Lipinski definition) is 2. The van der Waals surface area contributed by atoms with Gasteiger partial charge in [0, 0.05) is 0 Å². The van der Waals surface area contributed by atoms with Crippen molar-refractivity contribution in [3.8, 4) is 11.5 Å². The quantitative estimate of drug-likeness (QED) is 0.798. The van der Waals surface area contributed by atoms with Gasteiger partial charge in [-0.1, -0.05) is 0 Å². The fourth-order valence-electron chi connectivity index (χ4n) is 1.08. The molecule has 0 amide bonds. The van der Waals surface area contributed by atoms with Gasteiger partial charge in [0.05, 0.1) is 23.4 Å². The first-order valence-corrected chi connectivity index (χ1v) is 4.87. The number of benzene rings is 1. The molecule has 0 N–H and O–H groups in total. The fourth-order valence-corrected chi connectivity index (χ4v) is 1.92. The van der Waals surface area contributed by atoms with Crippen LogP contribution in [0.3, 0.4) is 0 Å². The topological polar surface area (TPSA) is 18.5 Å². The van der Waals surface area contributed by atoms with E-state index in [0.29, 0.717) is 9.32 Å². The molecule has 14 heavy (non-hydrogen) atoms. The van der Waals surface area contributed by atoms with Crippen LogP contribution in [0.15, 0.2) is 12.1 Å². The van der Waals surface area contributed by atoms with E-state index in [9.17, 15) is 8.78 Å². The number of rotatable bonds is 3. The van der Waals surface area contributed by atoms with Crippen LogP contribution < -0.4 is 9.47 Å². The molecule has 0 aliphatic carbocycles. The lowest BCUT2D eigenvalue weighted by Crippen LogP contribution is -1.97. The molecule has 0 aromatic heterocycles. The molecule has 1 rings (SSSR count). The largest absolute Gasteiger partial charge is 0.497 e. The van der Waals surface area contributed by atoms with Gasteiger partial charge in [-0.15, -0.1) is 0 Å². The molecule has 78 valence electrons. The summed E-state index contributed by atoms with van der Waals surface area (Å²) in [6, 6.07) is 2.93. The Labute approximate surface area is 94.3 Å². The second-order valence-corrected chi connectivity index (χ2v) is 3.69. The summed E-state index contributed by atoms with van der Waals surface area (Å²) in [4.78, 5) is 0. The van der Waals surface area contributed by atoms with Gasteiger partial charge in [0.25, 0.3) is 6.43 Å². The molecule has 5 heteroatoms. The molecule has 0 aliphatic rings. The average molecular weight is 314 g/mol. The molecule has 0 unspecified atom stereocenters. The molecular formula is C9H9F2IO2. The highest BCUT2D eigenvalue weighted by molar-refractivity contribution is 14.1. The standard InChI is InChI=1S/C9H9F2IO2/c1-13-5-3-6(9(10)11)8(14-2)7(12)4-5/h3-4,9H,1-2H3. The molecule has 0 atom stereocenters. The van der Waals surface area contributed by atoms with E-state index in [4.69, 9.17) is 9.47 Å². The number of methoxy groups -OCH3 is 2. The third-order valence-electron chi connectivity index (χ3n) is 1.72. The lowest BCUT2D eigenvalue weighted by atomic mass is 10.2. The Morgan fingerprint density at radius 3 is 2.29 bits per heavy atom. The highest BCUT2D eigenvalue weighted by Gasteiger charge is 2.17. The SMILES string of the molecule is COc1cc(I)c(OC)c(C(F)F)c1. The van der Waals surface area contributed by atoms with Crippen LogP contribution in [0.5, 0.6) is 11.5 Å². The summed E-state index contributed by atoms with van der Waals surface area (Å²) in [6.45, 7) is 0. The zero-order valence-electron chi connectivity index (χ0n) is 7.68. The van der Waals surface area contributed by atoms with Crippen LogP contribution in [0, 0.1) is 3.57 Å². The molecule has 2 nitrogen and oxygen atoms in total. The van der Waals surface area contributed by atoms with Gasteiger partial charge in [-0.05, 0) is 34.7 Å². The predicted octanol–water partition coefficient (Wildman–Crippen LogP) is 3.25. The molecule has 0 aliphatic heterocycles. The van der Waals surface area contributed by atoms with E-state index in [0.717, 1.165) is 0 Å². The van der Waals surface area contributed by atoms with Crippen LogP contribution >= 0.6 is 22.6 Å². The normalized spacial score (nSPS) is 10.4. The lowest BCUT2D eigenvalue weighted by molar-refractivity contribution is 0.146. The molecule has 0 saturated carbocycles. The van der Waals surface area contributed by atoms with Gasteiger partial charge in [0.15, 0.2) is 0 Å². The van der Waals surface area contributed by atoms with Crippen molar-refractivity contribution < 1.29 is 18.3 Å². The molecule has 0 fully saturated rings. The van der Waals surface area contributed by atoms with Crippen molar-refractivity contribution >= 4 is 22.6 Å². The predicted molar refractivity (Wildman–Crippen MR) is 57.2 cm³/mol. The minimum absolute atomic E-state index is 0.142. The number of hydrogen-bond donors (Lipinski definition) is 0.